The summed E-state index contributed by atoms with van der Waals surface area (Å²) in [6, 6.07) is 0.841. The van der Waals surface area contributed by atoms with E-state index in [4.69, 9.17) is 11.6 Å². The molecule has 2 rings (SSSR count). The second-order valence-corrected chi connectivity index (χ2v) is 5.59. The fraction of sp³-hybridized carbons (Fsp3) is 0.455. The maximum atomic E-state index is 12.4. The van der Waals surface area contributed by atoms with Gasteiger partial charge in [-0.1, -0.05) is 11.6 Å². The van der Waals surface area contributed by atoms with E-state index in [1.807, 2.05) is 11.8 Å². The highest BCUT2D eigenvalue weighted by atomic mass is 35.5. The lowest BCUT2D eigenvalue weighted by Crippen LogP contribution is -2.11. The van der Waals surface area contributed by atoms with Gasteiger partial charge >= 0.3 is 6.18 Å². The molecule has 8 heteroatoms. The van der Waals surface area contributed by atoms with Crippen molar-refractivity contribution in [3.8, 4) is 0 Å². The molecule has 1 fully saturated rings. The van der Waals surface area contributed by atoms with Crippen LogP contribution < -0.4 is 5.43 Å². The normalized spacial score (nSPS) is 16.3. The van der Waals surface area contributed by atoms with Crippen LogP contribution in [0.25, 0.3) is 0 Å². The van der Waals surface area contributed by atoms with Crippen molar-refractivity contribution in [2.75, 3.05) is 16.9 Å². The van der Waals surface area contributed by atoms with Gasteiger partial charge in [0.2, 0.25) is 0 Å². The van der Waals surface area contributed by atoms with Crippen LogP contribution in [0.3, 0.4) is 0 Å². The molecule has 1 aromatic rings. The highest BCUT2D eigenvalue weighted by molar-refractivity contribution is 7.99. The van der Waals surface area contributed by atoms with E-state index in [1.165, 1.54) is 0 Å². The van der Waals surface area contributed by atoms with Crippen LogP contribution >= 0.6 is 23.4 Å². The molecule has 0 bridgehead atoms. The number of hydrogen-bond donors (Lipinski definition) is 1. The number of hydrazone groups is 1. The third kappa shape index (κ3) is 4.01. The number of aromatic nitrogens is 1. The van der Waals surface area contributed by atoms with E-state index in [0.717, 1.165) is 42.3 Å². The Bertz CT molecular complexity index is 483. The van der Waals surface area contributed by atoms with Gasteiger partial charge in [0.1, 0.15) is 0 Å². The van der Waals surface area contributed by atoms with Crippen molar-refractivity contribution >= 4 is 34.9 Å². The van der Waals surface area contributed by atoms with Gasteiger partial charge in [0.15, 0.2) is 5.82 Å². The topological polar surface area (TPSA) is 37.3 Å². The third-order valence-electron chi connectivity index (χ3n) is 2.56. The van der Waals surface area contributed by atoms with Gasteiger partial charge < -0.3 is 0 Å². The fourth-order valence-electron chi connectivity index (χ4n) is 1.53. The maximum Gasteiger partial charge on any atom is 0.417 e. The van der Waals surface area contributed by atoms with Crippen molar-refractivity contribution in [1.82, 2.24) is 4.98 Å². The molecule has 0 unspecified atom stereocenters. The molecule has 1 aliphatic rings. The molecule has 104 valence electrons. The first-order chi connectivity index (χ1) is 8.97. The zero-order valence-electron chi connectivity index (χ0n) is 9.80. The Morgan fingerprint density at radius 2 is 2.00 bits per heavy atom. The van der Waals surface area contributed by atoms with Crippen LogP contribution in [0.15, 0.2) is 17.4 Å². The lowest BCUT2D eigenvalue weighted by molar-refractivity contribution is -0.137. The number of nitrogens with one attached hydrogen (secondary N) is 1. The largest absolute Gasteiger partial charge is 0.417 e. The number of thioether (sulfide) groups is 1. The Labute approximate surface area is 117 Å². The van der Waals surface area contributed by atoms with Crippen LogP contribution in [0.2, 0.25) is 5.02 Å². The van der Waals surface area contributed by atoms with Gasteiger partial charge in [-0.2, -0.15) is 30.0 Å². The van der Waals surface area contributed by atoms with Crippen molar-refractivity contribution in [1.29, 1.82) is 0 Å². The summed E-state index contributed by atoms with van der Waals surface area (Å²) >= 11 is 7.61. The number of nitrogens with zero attached hydrogens (tertiary/aromatic N) is 2. The first-order valence-electron chi connectivity index (χ1n) is 5.59. The quantitative estimate of drug-likeness (QED) is 0.837. The molecular formula is C11H11ClF3N3S. The van der Waals surface area contributed by atoms with E-state index in [9.17, 15) is 13.2 Å². The molecule has 0 aromatic carbocycles. The summed E-state index contributed by atoms with van der Waals surface area (Å²) in [5, 5.41) is 4.04. The van der Waals surface area contributed by atoms with Crippen molar-refractivity contribution in [3.05, 3.63) is 22.8 Å². The molecule has 1 N–H and O–H groups in total. The molecule has 1 saturated heterocycles. The van der Waals surface area contributed by atoms with Gasteiger partial charge in [0.05, 0.1) is 10.6 Å². The molecule has 3 nitrogen and oxygen atoms in total. The Morgan fingerprint density at radius 3 is 2.58 bits per heavy atom. The van der Waals surface area contributed by atoms with Crippen molar-refractivity contribution < 1.29 is 13.2 Å². The lowest BCUT2D eigenvalue weighted by Gasteiger charge is -2.13. The van der Waals surface area contributed by atoms with Crippen LogP contribution in [0.1, 0.15) is 18.4 Å². The summed E-state index contributed by atoms with van der Waals surface area (Å²) < 4.78 is 37.3. The number of alkyl halides is 3. The molecular weight excluding hydrogens is 299 g/mol. The predicted molar refractivity (Wildman–Crippen MR) is 71.9 cm³/mol. The Kier molecular flexibility index (Phi) is 4.57. The second kappa shape index (κ2) is 6.00. The molecule has 0 saturated carbocycles. The number of hydrogen-bond acceptors (Lipinski definition) is 4. The standard InChI is InChI=1S/C11H11ClF3N3S/c12-9-5-7(11(13,14)15)6-16-10(9)18-17-8-1-3-19-4-2-8/h5-6H,1-4H2,(H,16,18). The van der Waals surface area contributed by atoms with Gasteiger partial charge in [-0.3, -0.25) is 5.43 Å². The number of halogens is 4. The summed E-state index contributed by atoms with van der Waals surface area (Å²) in [6.07, 6.45) is -1.96. The number of pyridine rings is 1. The molecule has 0 atom stereocenters. The summed E-state index contributed by atoms with van der Waals surface area (Å²) in [4.78, 5) is 3.65. The second-order valence-electron chi connectivity index (χ2n) is 3.95. The highest BCUT2D eigenvalue weighted by Crippen LogP contribution is 2.32. The lowest BCUT2D eigenvalue weighted by atomic mass is 10.2. The summed E-state index contributed by atoms with van der Waals surface area (Å²) in [5.74, 6) is 2.16. The van der Waals surface area contributed by atoms with Gasteiger partial charge in [-0.15, -0.1) is 0 Å². The third-order valence-corrected chi connectivity index (χ3v) is 3.83. The maximum absolute atomic E-state index is 12.4. The smallest absolute Gasteiger partial charge is 0.260 e. The average Bonchev–Trinajstić information content (AvgIpc) is 2.37. The summed E-state index contributed by atoms with van der Waals surface area (Å²) in [7, 11) is 0. The van der Waals surface area contributed by atoms with Crippen molar-refractivity contribution in [3.63, 3.8) is 0 Å². The number of rotatable bonds is 2. The van der Waals surface area contributed by atoms with Crippen LogP contribution in [-0.2, 0) is 6.18 Å². The predicted octanol–water partition coefficient (Wildman–Crippen LogP) is 4.05. The van der Waals surface area contributed by atoms with Gasteiger partial charge in [0, 0.05) is 11.9 Å². The van der Waals surface area contributed by atoms with Crippen LogP contribution in [0.4, 0.5) is 19.0 Å². The zero-order chi connectivity index (χ0) is 13.9. The molecule has 0 radical (unpaired) electrons. The minimum absolute atomic E-state index is 0.0932. The molecule has 0 amide bonds. The van der Waals surface area contributed by atoms with E-state index in [-0.39, 0.29) is 10.8 Å². The highest BCUT2D eigenvalue weighted by Gasteiger charge is 2.31. The fourth-order valence-corrected chi connectivity index (χ4v) is 2.70. The minimum atomic E-state index is -4.44. The molecule has 0 aliphatic carbocycles. The van der Waals surface area contributed by atoms with E-state index >= 15 is 0 Å². The van der Waals surface area contributed by atoms with Gasteiger partial charge in [-0.25, -0.2) is 4.98 Å². The van der Waals surface area contributed by atoms with E-state index in [1.54, 1.807) is 0 Å². The van der Waals surface area contributed by atoms with E-state index < -0.39 is 11.7 Å². The van der Waals surface area contributed by atoms with Crippen molar-refractivity contribution in [2.24, 2.45) is 5.10 Å². The SMILES string of the molecule is FC(F)(F)c1cnc(NN=C2CCSCC2)c(Cl)c1. The molecule has 1 aromatic heterocycles. The van der Waals surface area contributed by atoms with Crippen LogP contribution in [0.5, 0.6) is 0 Å². The molecule has 1 aliphatic heterocycles. The first kappa shape index (κ1) is 14.5. The first-order valence-corrected chi connectivity index (χ1v) is 7.12. The van der Waals surface area contributed by atoms with Gasteiger partial charge in [0.25, 0.3) is 0 Å². The Morgan fingerprint density at radius 1 is 1.32 bits per heavy atom. The summed E-state index contributed by atoms with van der Waals surface area (Å²) in [6.45, 7) is 0. The molecule has 0 spiro atoms. The monoisotopic (exact) mass is 309 g/mol. The number of anilines is 1. The molecule has 19 heavy (non-hydrogen) atoms. The Hall–Kier alpha value is -0.950. The Balaban J connectivity index is 2.09. The zero-order valence-corrected chi connectivity index (χ0v) is 11.4. The van der Waals surface area contributed by atoms with E-state index in [2.05, 4.69) is 15.5 Å². The van der Waals surface area contributed by atoms with E-state index in [0.29, 0.717) is 0 Å². The van der Waals surface area contributed by atoms with Crippen LogP contribution in [-0.4, -0.2) is 22.2 Å². The minimum Gasteiger partial charge on any atom is -0.260 e. The molecule has 2 heterocycles. The van der Waals surface area contributed by atoms with Gasteiger partial charge in [-0.05, 0) is 30.4 Å². The van der Waals surface area contributed by atoms with Crippen LogP contribution in [0, 0.1) is 0 Å². The van der Waals surface area contributed by atoms with Crippen molar-refractivity contribution in [2.45, 2.75) is 19.0 Å². The summed E-state index contributed by atoms with van der Waals surface area (Å²) in [5.41, 5.74) is 2.74. The average molecular weight is 310 g/mol.